The predicted molar refractivity (Wildman–Crippen MR) is 232 cm³/mol. The van der Waals surface area contributed by atoms with Crippen molar-refractivity contribution in [3.05, 3.63) is 72.9 Å². The molecule has 0 aliphatic rings. The van der Waals surface area contributed by atoms with E-state index < -0.39 is 32.7 Å². The van der Waals surface area contributed by atoms with Gasteiger partial charge in [0, 0.05) is 6.42 Å². The Bertz CT molecular complexity index is 1140. The second kappa shape index (κ2) is 36.3. The zero-order valence-electron chi connectivity index (χ0n) is 35.5. The summed E-state index contributed by atoms with van der Waals surface area (Å²) < 4.78 is 23.4. The molecule has 0 saturated carbocycles. The normalized spacial score (nSPS) is 15.7. The summed E-state index contributed by atoms with van der Waals surface area (Å²) in [4.78, 5) is 23.1. The van der Waals surface area contributed by atoms with Crippen LogP contribution in [0.3, 0.4) is 0 Å². The summed E-state index contributed by atoms with van der Waals surface area (Å²) in [5.74, 6) is -0.292. The molecule has 0 aromatic heterocycles. The van der Waals surface area contributed by atoms with Gasteiger partial charge in [-0.15, -0.1) is 0 Å². The highest BCUT2D eigenvalue weighted by atomic mass is 31.2. The van der Waals surface area contributed by atoms with Gasteiger partial charge in [-0.3, -0.25) is 13.8 Å². The summed E-state index contributed by atoms with van der Waals surface area (Å²) in [7, 11) is 1.38. The molecular weight excluding hydrogens is 711 g/mol. The van der Waals surface area contributed by atoms with Gasteiger partial charge in [0.1, 0.15) is 19.3 Å². The first-order valence-electron chi connectivity index (χ1n) is 21.4. The first kappa shape index (κ1) is 52.9. The van der Waals surface area contributed by atoms with Crippen LogP contribution in [0.25, 0.3) is 0 Å². The molecule has 9 nitrogen and oxygen atoms in total. The third kappa shape index (κ3) is 37.3. The third-order valence-electron chi connectivity index (χ3n) is 9.07. The first-order valence-corrected chi connectivity index (χ1v) is 22.8. The zero-order valence-corrected chi connectivity index (χ0v) is 36.4. The number of nitrogens with one attached hydrogen (secondary N) is 1. The average molecular weight is 794 g/mol. The predicted octanol–water partition coefficient (Wildman–Crippen LogP) is 10.6. The summed E-state index contributed by atoms with van der Waals surface area (Å²) >= 11 is 0. The monoisotopic (exact) mass is 794 g/mol. The lowest BCUT2D eigenvalue weighted by molar-refractivity contribution is -0.870. The Morgan fingerprint density at radius 2 is 1.16 bits per heavy atom. The van der Waals surface area contributed by atoms with Crippen LogP contribution in [-0.2, 0) is 18.4 Å². The minimum Gasteiger partial charge on any atom is -0.390 e. The number of aliphatic hydroxyl groups excluding tert-OH is 2. The largest absolute Gasteiger partial charge is 0.472 e. The van der Waals surface area contributed by atoms with Gasteiger partial charge in [0.2, 0.25) is 5.91 Å². The van der Waals surface area contributed by atoms with Gasteiger partial charge in [-0.05, 0) is 96.8 Å². The number of hydrogen-bond acceptors (Lipinski definition) is 6. The number of unbranched alkanes of at least 4 members (excludes halogenated alkanes) is 12. The van der Waals surface area contributed by atoms with Gasteiger partial charge in [-0.2, -0.15) is 0 Å². The lowest BCUT2D eigenvalue weighted by Gasteiger charge is -2.28. The summed E-state index contributed by atoms with van der Waals surface area (Å²) in [6, 6.07) is -1.07. The molecule has 0 rings (SSSR count). The van der Waals surface area contributed by atoms with Gasteiger partial charge in [-0.1, -0.05) is 118 Å². The molecule has 0 aliphatic heterocycles. The quantitative estimate of drug-likeness (QED) is 0.0214. The Morgan fingerprint density at radius 1 is 0.673 bits per heavy atom. The molecule has 0 spiro atoms. The zero-order chi connectivity index (χ0) is 40.9. The molecule has 1 amide bonds. The van der Waals surface area contributed by atoms with Crippen molar-refractivity contribution in [1.29, 1.82) is 0 Å². The molecule has 0 heterocycles. The fraction of sp³-hybridized carbons (Fsp3) is 0.711. The lowest BCUT2D eigenvalue weighted by Crippen LogP contribution is -2.51. The summed E-state index contributed by atoms with van der Waals surface area (Å²) in [6.45, 7) is 4.29. The van der Waals surface area contributed by atoms with Crippen molar-refractivity contribution < 1.29 is 38.0 Å². The van der Waals surface area contributed by atoms with E-state index in [0.717, 1.165) is 83.5 Å². The molecule has 0 saturated heterocycles. The van der Waals surface area contributed by atoms with Gasteiger partial charge in [-0.25, -0.2) is 4.57 Å². The number of phosphoric acid groups is 1. The van der Waals surface area contributed by atoms with Crippen molar-refractivity contribution in [2.75, 3.05) is 40.9 Å². The number of carbonyl (C=O) groups is 1. The Hall–Kier alpha value is -2.10. The molecule has 55 heavy (non-hydrogen) atoms. The number of amides is 1. The van der Waals surface area contributed by atoms with E-state index in [9.17, 15) is 24.5 Å². The molecule has 0 aliphatic carbocycles. The van der Waals surface area contributed by atoms with Crippen molar-refractivity contribution >= 4 is 13.7 Å². The lowest BCUT2D eigenvalue weighted by atomic mass is 10.0. The molecule has 0 aromatic rings. The van der Waals surface area contributed by atoms with Gasteiger partial charge in [0.05, 0.1) is 39.9 Å². The fourth-order valence-electron chi connectivity index (χ4n) is 5.60. The Balaban J connectivity index is 4.60. The molecule has 0 radical (unpaired) electrons. The van der Waals surface area contributed by atoms with Crippen molar-refractivity contribution in [3.8, 4) is 0 Å². The summed E-state index contributed by atoms with van der Waals surface area (Å²) in [6.07, 6.45) is 44.0. The molecule has 10 heteroatoms. The number of nitrogens with zero attached hydrogens (tertiary/aromatic N) is 1. The standard InChI is InChI=1S/C45H81N2O7P/c1-6-8-10-12-14-16-18-20-21-22-23-24-25-26-28-30-32-34-36-38-44(49)46-42(41-54-55(51,52)53-40-39-47(3,4)5)45(50)43(48)37-35-33-31-29-27-19-17-15-13-11-9-7-2/h7,9,14-17,20-21,23-24,29,31,42-43,45,48,50H,6,8,10-13,18-19,22,25-28,30,32-41H2,1-5H3,(H-,46,49,51,52)/p+1/b9-7+,16-14-,17-15+,21-20-,24-23-,31-29+. The van der Waals surface area contributed by atoms with Crippen molar-refractivity contribution in [3.63, 3.8) is 0 Å². The molecule has 0 bridgehead atoms. The minimum atomic E-state index is -4.43. The third-order valence-corrected chi connectivity index (χ3v) is 10.1. The number of likely N-dealkylation sites (N-methyl/N-ethyl adjacent to an activating group) is 1. The van der Waals surface area contributed by atoms with E-state index in [1.807, 2.05) is 28.1 Å². The van der Waals surface area contributed by atoms with E-state index in [0.29, 0.717) is 30.3 Å². The van der Waals surface area contributed by atoms with Crippen molar-refractivity contribution in [2.45, 2.75) is 167 Å². The van der Waals surface area contributed by atoms with E-state index in [1.165, 1.54) is 25.7 Å². The summed E-state index contributed by atoms with van der Waals surface area (Å²) in [5, 5.41) is 24.6. The highest BCUT2D eigenvalue weighted by Crippen LogP contribution is 2.43. The van der Waals surface area contributed by atoms with Crippen LogP contribution in [0.5, 0.6) is 0 Å². The fourth-order valence-corrected chi connectivity index (χ4v) is 6.33. The highest BCUT2D eigenvalue weighted by molar-refractivity contribution is 7.47. The second-order valence-corrected chi connectivity index (χ2v) is 16.9. The van der Waals surface area contributed by atoms with E-state index in [-0.39, 0.29) is 18.9 Å². The van der Waals surface area contributed by atoms with Crippen LogP contribution in [0.4, 0.5) is 0 Å². The Morgan fingerprint density at radius 3 is 1.75 bits per heavy atom. The number of carbonyl (C=O) groups excluding carboxylic acids is 1. The Labute approximate surface area is 336 Å². The van der Waals surface area contributed by atoms with Gasteiger partial charge >= 0.3 is 7.82 Å². The maximum absolute atomic E-state index is 12.9. The molecule has 0 fully saturated rings. The molecule has 318 valence electrons. The minimum absolute atomic E-state index is 0.00567. The second-order valence-electron chi connectivity index (χ2n) is 15.5. The first-order chi connectivity index (χ1) is 26.4. The van der Waals surface area contributed by atoms with Crippen LogP contribution in [0.15, 0.2) is 72.9 Å². The molecule has 4 unspecified atom stereocenters. The van der Waals surface area contributed by atoms with Crippen LogP contribution < -0.4 is 5.32 Å². The van der Waals surface area contributed by atoms with Crippen LogP contribution in [0, 0.1) is 0 Å². The van der Waals surface area contributed by atoms with Crippen LogP contribution in [0.1, 0.15) is 149 Å². The van der Waals surface area contributed by atoms with E-state index in [4.69, 9.17) is 9.05 Å². The highest BCUT2D eigenvalue weighted by Gasteiger charge is 2.31. The Kier molecular flexibility index (Phi) is 34.9. The van der Waals surface area contributed by atoms with Gasteiger partial charge in [0.15, 0.2) is 0 Å². The van der Waals surface area contributed by atoms with E-state index >= 15 is 0 Å². The van der Waals surface area contributed by atoms with E-state index in [2.05, 4.69) is 85.2 Å². The van der Waals surface area contributed by atoms with Crippen molar-refractivity contribution in [1.82, 2.24) is 5.32 Å². The maximum Gasteiger partial charge on any atom is 0.472 e. The average Bonchev–Trinajstić information content (AvgIpc) is 3.13. The smallest absolute Gasteiger partial charge is 0.390 e. The van der Waals surface area contributed by atoms with Gasteiger partial charge < -0.3 is 24.9 Å². The number of quaternary nitrogens is 1. The number of allylic oxidation sites excluding steroid dienone is 12. The molecule has 4 atom stereocenters. The molecule has 0 aromatic carbocycles. The number of hydrogen-bond donors (Lipinski definition) is 4. The van der Waals surface area contributed by atoms with Crippen LogP contribution in [-0.4, -0.2) is 84.6 Å². The molecular formula is C45H82N2O7P+. The maximum atomic E-state index is 12.9. The number of aliphatic hydroxyl groups is 2. The van der Waals surface area contributed by atoms with Crippen LogP contribution in [0.2, 0.25) is 0 Å². The SMILES string of the molecule is C/C=C/CC/C=C/CC/C=C/CCCC(O)C(O)C(COP(=O)(O)OCC[N+](C)(C)C)NC(=O)CCCCCCCC/C=C\C/C=C\C/C=C\CCCCC. The van der Waals surface area contributed by atoms with E-state index in [1.54, 1.807) is 0 Å². The molecule has 4 N–H and O–H groups in total. The number of phosphoric ester groups is 1. The van der Waals surface area contributed by atoms with Crippen LogP contribution >= 0.6 is 7.82 Å². The van der Waals surface area contributed by atoms with Gasteiger partial charge in [0.25, 0.3) is 0 Å². The number of rotatable bonds is 37. The topological polar surface area (TPSA) is 125 Å². The summed E-state index contributed by atoms with van der Waals surface area (Å²) in [5.41, 5.74) is 0. The van der Waals surface area contributed by atoms with Crippen molar-refractivity contribution in [2.24, 2.45) is 0 Å².